The first kappa shape index (κ1) is 14.0. The van der Waals surface area contributed by atoms with Gasteiger partial charge in [-0.25, -0.2) is 0 Å². The Balaban J connectivity index is 1.90. The Hall–Kier alpha value is -0.920. The van der Waals surface area contributed by atoms with Gasteiger partial charge in [-0.05, 0) is 18.8 Å². The van der Waals surface area contributed by atoms with Crippen molar-refractivity contribution < 1.29 is 35.8 Å². The molecule has 2 aliphatic carbocycles. The van der Waals surface area contributed by atoms with Gasteiger partial charge >= 0.3 is 12.4 Å². The summed E-state index contributed by atoms with van der Waals surface area (Å²) >= 11 is 0. The summed E-state index contributed by atoms with van der Waals surface area (Å²) in [5.74, 6) is -2.63. The minimum atomic E-state index is -5.45. The van der Waals surface area contributed by atoms with Crippen molar-refractivity contribution in [2.24, 2.45) is 17.8 Å². The molecule has 1 aliphatic heterocycles. The summed E-state index contributed by atoms with van der Waals surface area (Å²) in [6.07, 6.45) is -10.7. The van der Waals surface area contributed by atoms with E-state index < -0.39 is 47.9 Å². The highest BCUT2D eigenvalue weighted by Crippen LogP contribution is 2.69. The molecule has 0 aromatic heterocycles. The van der Waals surface area contributed by atoms with E-state index in [9.17, 15) is 26.3 Å². The largest absolute Gasteiger partial charge is 0.498 e. The monoisotopic (exact) mass is 302 g/mol. The summed E-state index contributed by atoms with van der Waals surface area (Å²) in [7, 11) is 0. The third kappa shape index (κ3) is 1.46. The molecular formula is C12H12F6O2. The van der Waals surface area contributed by atoms with Crippen LogP contribution in [0.5, 0.6) is 0 Å². The average molecular weight is 302 g/mol. The Labute approximate surface area is 110 Å². The topological polar surface area (TPSA) is 18.5 Å². The Morgan fingerprint density at radius 3 is 2.15 bits per heavy atom. The molecule has 1 heterocycles. The van der Waals surface area contributed by atoms with Crippen molar-refractivity contribution >= 4 is 0 Å². The van der Waals surface area contributed by atoms with Crippen LogP contribution in [0, 0.1) is 17.8 Å². The number of rotatable bonds is 2. The third-order valence-electron chi connectivity index (χ3n) is 4.78. The first-order valence-electron chi connectivity index (χ1n) is 6.21. The van der Waals surface area contributed by atoms with Crippen LogP contribution in [0.15, 0.2) is 12.8 Å². The SMILES string of the molecule is C=COC1C[C@H]2C[C@@H]1C1OC(C(F)(F)F)(C(F)(F)F)C12. The van der Waals surface area contributed by atoms with E-state index >= 15 is 0 Å². The Bertz CT molecular complexity index is 413. The summed E-state index contributed by atoms with van der Waals surface area (Å²) in [5, 5.41) is 0. The van der Waals surface area contributed by atoms with Crippen molar-refractivity contribution in [1.82, 2.24) is 0 Å². The minimum Gasteiger partial charge on any atom is -0.498 e. The van der Waals surface area contributed by atoms with E-state index in [1.54, 1.807) is 0 Å². The second-order valence-electron chi connectivity index (χ2n) is 5.58. The number of halogens is 6. The van der Waals surface area contributed by atoms with Crippen molar-refractivity contribution in [1.29, 1.82) is 0 Å². The van der Waals surface area contributed by atoms with Crippen LogP contribution >= 0.6 is 0 Å². The molecule has 3 rings (SSSR count). The van der Waals surface area contributed by atoms with Crippen LogP contribution in [-0.2, 0) is 9.47 Å². The highest BCUT2D eigenvalue weighted by molar-refractivity contribution is 5.21. The number of ether oxygens (including phenoxy) is 2. The van der Waals surface area contributed by atoms with E-state index in [0.29, 0.717) is 0 Å². The van der Waals surface area contributed by atoms with E-state index in [4.69, 9.17) is 4.74 Å². The molecule has 8 heteroatoms. The molecule has 20 heavy (non-hydrogen) atoms. The molecule has 2 bridgehead atoms. The van der Waals surface area contributed by atoms with E-state index in [1.807, 2.05) is 0 Å². The molecule has 1 saturated heterocycles. The van der Waals surface area contributed by atoms with E-state index in [0.717, 1.165) is 0 Å². The zero-order valence-corrected chi connectivity index (χ0v) is 10.2. The number of hydrogen-bond acceptors (Lipinski definition) is 2. The molecule has 2 nitrogen and oxygen atoms in total. The lowest BCUT2D eigenvalue weighted by molar-refractivity contribution is -0.473. The zero-order valence-electron chi connectivity index (χ0n) is 10.2. The molecule has 0 N–H and O–H groups in total. The predicted molar refractivity (Wildman–Crippen MR) is 54.5 cm³/mol. The number of hydrogen-bond donors (Lipinski definition) is 0. The van der Waals surface area contributed by atoms with Gasteiger partial charge in [0.2, 0.25) is 0 Å². The summed E-state index contributed by atoms with van der Waals surface area (Å²) < 4.78 is 87.4. The second kappa shape index (κ2) is 3.84. The van der Waals surface area contributed by atoms with Crippen LogP contribution in [0.3, 0.4) is 0 Å². The van der Waals surface area contributed by atoms with Gasteiger partial charge in [0.05, 0.1) is 12.4 Å². The molecule has 0 amide bonds. The van der Waals surface area contributed by atoms with E-state index in [1.165, 1.54) is 6.26 Å². The van der Waals surface area contributed by atoms with Gasteiger partial charge in [0, 0.05) is 11.8 Å². The summed E-state index contributed by atoms with van der Waals surface area (Å²) in [5.41, 5.74) is -4.00. The standard InChI is InChI=1S/C12H12F6O2/c1-2-19-7-4-5-3-6(7)9-8(5)10(20-9,11(13,14)15)12(16,17)18/h2,5-9H,1,3-4H2/t5-,6+,7?,8?,9?/m1/s1. The van der Waals surface area contributed by atoms with Gasteiger partial charge in [-0.1, -0.05) is 6.58 Å². The lowest BCUT2D eigenvalue weighted by Gasteiger charge is -2.57. The van der Waals surface area contributed by atoms with Crippen molar-refractivity contribution in [3.8, 4) is 0 Å². The van der Waals surface area contributed by atoms with Crippen LogP contribution < -0.4 is 0 Å². The molecule has 0 aromatic carbocycles. The maximum atomic E-state index is 13.0. The average Bonchev–Trinajstić information content (AvgIpc) is 2.66. The van der Waals surface area contributed by atoms with Gasteiger partial charge in [-0.15, -0.1) is 0 Å². The molecular weight excluding hydrogens is 290 g/mol. The molecule has 3 unspecified atom stereocenters. The van der Waals surface area contributed by atoms with Crippen LogP contribution in [0.4, 0.5) is 26.3 Å². The fourth-order valence-electron chi connectivity index (χ4n) is 4.14. The van der Waals surface area contributed by atoms with Gasteiger partial charge in [0.15, 0.2) is 0 Å². The molecule has 0 aromatic rings. The number of alkyl halides is 6. The highest BCUT2D eigenvalue weighted by atomic mass is 19.4. The van der Waals surface area contributed by atoms with Gasteiger partial charge in [0.1, 0.15) is 6.10 Å². The lowest BCUT2D eigenvalue weighted by Crippen LogP contribution is -2.76. The first-order valence-corrected chi connectivity index (χ1v) is 6.21. The Morgan fingerprint density at radius 1 is 1.10 bits per heavy atom. The quantitative estimate of drug-likeness (QED) is 0.575. The maximum absolute atomic E-state index is 13.0. The molecule has 0 radical (unpaired) electrons. The van der Waals surface area contributed by atoms with Crippen LogP contribution in [0.1, 0.15) is 12.8 Å². The highest BCUT2D eigenvalue weighted by Gasteiger charge is 2.87. The van der Waals surface area contributed by atoms with Crippen molar-refractivity contribution in [3.05, 3.63) is 12.8 Å². The lowest BCUT2D eigenvalue weighted by atomic mass is 9.67. The van der Waals surface area contributed by atoms with E-state index in [-0.39, 0.29) is 12.8 Å². The normalized spacial score (nSPS) is 42.0. The maximum Gasteiger partial charge on any atom is 0.426 e. The first-order chi connectivity index (χ1) is 9.13. The summed E-state index contributed by atoms with van der Waals surface area (Å²) in [6.45, 7) is 3.35. The molecule has 5 atom stereocenters. The Kier molecular flexibility index (Phi) is 2.69. The smallest absolute Gasteiger partial charge is 0.426 e. The van der Waals surface area contributed by atoms with Gasteiger partial charge < -0.3 is 9.47 Å². The van der Waals surface area contributed by atoms with Gasteiger partial charge in [-0.2, -0.15) is 26.3 Å². The second-order valence-corrected chi connectivity index (χ2v) is 5.58. The predicted octanol–water partition coefficient (Wildman–Crippen LogP) is 3.43. The minimum absolute atomic E-state index is 0.190. The molecule has 114 valence electrons. The summed E-state index contributed by atoms with van der Waals surface area (Å²) in [4.78, 5) is 0. The van der Waals surface area contributed by atoms with Gasteiger partial charge in [-0.3, -0.25) is 0 Å². The fraction of sp³-hybridized carbons (Fsp3) is 0.833. The van der Waals surface area contributed by atoms with E-state index in [2.05, 4.69) is 11.3 Å². The molecule has 0 spiro atoms. The molecule has 3 aliphatic rings. The van der Waals surface area contributed by atoms with Crippen LogP contribution in [0.25, 0.3) is 0 Å². The summed E-state index contributed by atoms with van der Waals surface area (Å²) in [6, 6.07) is 0. The Morgan fingerprint density at radius 2 is 1.70 bits per heavy atom. The van der Waals surface area contributed by atoms with Crippen molar-refractivity contribution in [2.75, 3.05) is 0 Å². The fourth-order valence-corrected chi connectivity index (χ4v) is 4.14. The van der Waals surface area contributed by atoms with Crippen molar-refractivity contribution in [3.63, 3.8) is 0 Å². The molecule has 2 saturated carbocycles. The van der Waals surface area contributed by atoms with Gasteiger partial charge in [0.25, 0.3) is 5.60 Å². The van der Waals surface area contributed by atoms with Crippen LogP contribution in [0.2, 0.25) is 0 Å². The molecule has 3 fully saturated rings. The zero-order chi connectivity index (χ0) is 14.9. The third-order valence-corrected chi connectivity index (χ3v) is 4.78. The van der Waals surface area contributed by atoms with Crippen molar-refractivity contribution in [2.45, 2.75) is 43.0 Å². The van der Waals surface area contributed by atoms with Crippen LogP contribution in [-0.4, -0.2) is 30.2 Å². The number of fused-ring (bicyclic) bond motifs is 5.